The van der Waals surface area contributed by atoms with Gasteiger partial charge >= 0.3 is 12.2 Å². The Hall–Kier alpha value is -1.92. The molecule has 1 rings (SSSR count). The molecule has 0 aliphatic carbocycles. The van der Waals surface area contributed by atoms with E-state index in [-0.39, 0.29) is 0 Å². The first-order valence-electron chi connectivity index (χ1n) is 5.26. The van der Waals surface area contributed by atoms with E-state index in [9.17, 15) is 18.0 Å². The Bertz CT molecular complexity index is 408. The predicted octanol–water partition coefficient (Wildman–Crippen LogP) is 2.77. The van der Waals surface area contributed by atoms with E-state index in [0.29, 0.717) is 18.0 Å². The molecule has 0 bridgehead atoms. The van der Waals surface area contributed by atoms with Gasteiger partial charge in [0.15, 0.2) is 0 Å². The lowest BCUT2D eigenvalue weighted by Crippen LogP contribution is -2.36. The second-order valence-corrected chi connectivity index (χ2v) is 3.35. The lowest BCUT2D eigenvalue weighted by Gasteiger charge is -2.12. The smallest absolute Gasteiger partial charge is 0.405 e. The molecule has 0 heterocycles. The number of rotatable bonds is 4. The highest BCUT2D eigenvalue weighted by molar-refractivity contribution is 5.90. The average Bonchev–Trinajstić information content (AvgIpc) is 2.29. The van der Waals surface area contributed by atoms with Crippen LogP contribution >= 0.6 is 0 Å². The maximum atomic E-state index is 11.9. The first-order valence-corrected chi connectivity index (χ1v) is 5.26. The lowest BCUT2D eigenvalue weighted by molar-refractivity contribution is -0.122. The third-order valence-corrected chi connectivity index (χ3v) is 1.88. The molecule has 7 heteroatoms. The molecule has 0 saturated heterocycles. The van der Waals surface area contributed by atoms with E-state index in [0.717, 1.165) is 0 Å². The van der Waals surface area contributed by atoms with E-state index < -0.39 is 18.8 Å². The van der Waals surface area contributed by atoms with E-state index in [1.165, 1.54) is 6.07 Å². The van der Waals surface area contributed by atoms with Gasteiger partial charge in [0.25, 0.3) is 0 Å². The van der Waals surface area contributed by atoms with Crippen molar-refractivity contribution in [3.8, 4) is 5.75 Å². The number of amides is 2. The summed E-state index contributed by atoms with van der Waals surface area (Å²) in [6.45, 7) is 0.777. The third kappa shape index (κ3) is 4.94. The van der Waals surface area contributed by atoms with Crippen molar-refractivity contribution in [3.63, 3.8) is 0 Å². The van der Waals surface area contributed by atoms with Crippen molar-refractivity contribution >= 4 is 11.7 Å². The summed E-state index contributed by atoms with van der Waals surface area (Å²) in [7, 11) is 0. The van der Waals surface area contributed by atoms with Crippen molar-refractivity contribution in [3.05, 3.63) is 24.3 Å². The minimum absolute atomic E-state index is 0.319. The van der Waals surface area contributed by atoms with Crippen LogP contribution in [0.2, 0.25) is 0 Å². The van der Waals surface area contributed by atoms with Gasteiger partial charge in [-0.3, -0.25) is 0 Å². The van der Waals surface area contributed by atoms with Crippen LogP contribution in [0.4, 0.5) is 23.7 Å². The van der Waals surface area contributed by atoms with E-state index >= 15 is 0 Å². The Morgan fingerprint density at radius 3 is 2.61 bits per heavy atom. The van der Waals surface area contributed by atoms with Crippen molar-refractivity contribution in [2.75, 3.05) is 18.5 Å². The molecule has 18 heavy (non-hydrogen) atoms. The number of halogens is 3. The molecule has 0 fully saturated rings. The zero-order valence-electron chi connectivity index (χ0n) is 9.67. The number of hydrogen-bond acceptors (Lipinski definition) is 2. The van der Waals surface area contributed by atoms with Gasteiger partial charge < -0.3 is 15.4 Å². The SMILES string of the molecule is CCOc1ccccc1NC(=O)NCC(F)(F)F. The van der Waals surface area contributed by atoms with Crippen LogP contribution in [0.15, 0.2) is 24.3 Å². The molecule has 0 radical (unpaired) electrons. The molecule has 0 unspecified atom stereocenters. The van der Waals surface area contributed by atoms with E-state index in [2.05, 4.69) is 5.32 Å². The Morgan fingerprint density at radius 2 is 2.00 bits per heavy atom. The van der Waals surface area contributed by atoms with Gasteiger partial charge in [-0.1, -0.05) is 12.1 Å². The van der Waals surface area contributed by atoms with Gasteiger partial charge in [-0.05, 0) is 19.1 Å². The normalized spacial score (nSPS) is 10.9. The van der Waals surface area contributed by atoms with Gasteiger partial charge in [-0.2, -0.15) is 13.2 Å². The molecule has 1 aromatic carbocycles. The number of carbonyl (C=O) groups is 1. The number of benzene rings is 1. The molecule has 2 N–H and O–H groups in total. The minimum Gasteiger partial charge on any atom is -0.492 e. The van der Waals surface area contributed by atoms with Crippen molar-refractivity contribution < 1.29 is 22.7 Å². The third-order valence-electron chi connectivity index (χ3n) is 1.88. The number of anilines is 1. The molecule has 100 valence electrons. The fourth-order valence-corrected chi connectivity index (χ4v) is 1.20. The van der Waals surface area contributed by atoms with Crippen LogP contribution < -0.4 is 15.4 Å². The molecular weight excluding hydrogens is 249 g/mol. The Labute approximate surface area is 102 Å². The van der Waals surface area contributed by atoms with Crippen LogP contribution in [0, 0.1) is 0 Å². The fourth-order valence-electron chi connectivity index (χ4n) is 1.20. The van der Waals surface area contributed by atoms with E-state index in [4.69, 9.17) is 4.74 Å². The molecule has 0 atom stereocenters. The van der Waals surface area contributed by atoms with Crippen molar-refractivity contribution in [2.45, 2.75) is 13.1 Å². The largest absolute Gasteiger partial charge is 0.492 e. The van der Waals surface area contributed by atoms with Crippen molar-refractivity contribution in [2.24, 2.45) is 0 Å². The molecule has 0 spiro atoms. The fraction of sp³-hybridized carbons (Fsp3) is 0.364. The summed E-state index contributed by atoms with van der Waals surface area (Å²) in [6, 6.07) is 5.56. The number of hydrogen-bond donors (Lipinski definition) is 2. The maximum absolute atomic E-state index is 11.9. The zero-order valence-corrected chi connectivity index (χ0v) is 9.67. The Kier molecular flexibility index (Phi) is 4.82. The van der Waals surface area contributed by atoms with Gasteiger partial charge in [0.1, 0.15) is 12.3 Å². The second-order valence-electron chi connectivity index (χ2n) is 3.35. The number of ether oxygens (including phenoxy) is 1. The van der Waals surface area contributed by atoms with Gasteiger partial charge in [-0.15, -0.1) is 0 Å². The van der Waals surface area contributed by atoms with Gasteiger partial charge in [0.05, 0.1) is 12.3 Å². The van der Waals surface area contributed by atoms with Crippen molar-refractivity contribution in [1.82, 2.24) is 5.32 Å². The van der Waals surface area contributed by atoms with Crippen LogP contribution in [-0.2, 0) is 0 Å². The molecule has 0 aromatic heterocycles. The summed E-state index contributed by atoms with van der Waals surface area (Å²) in [5.41, 5.74) is 0.319. The van der Waals surface area contributed by atoms with Gasteiger partial charge in [0, 0.05) is 0 Å². The molecule has 0 aliphatic heterocycles. The highest BCUT2D eigenvalue weighted by Crippen LogP contribution is 2.23. The van der Waals surface area contributed by atoms with E-state index in [1.54, 1.807) is 30.4 Å². The highest BCUT2D eigenvalue weighted by Gasteiger charge is 2.27. The first-order chi connectivity index (χ1) is 8.42. The van der Waals surface area contributed by atoms with Crippen LogP contribution in [0.3, 0.4) is 0 Å². The van der Waals surface area contributed by atoms with Crippen LogP contribution in [0.5, 0.6) is 5.75 Å². The summed E-state index contributed by atoms with van der Waals surface area (Å²) in [5.74, 6) is 0.405. The predicted molar refractivity (Wildman–Crippen MR) is 60.7 cm³/mol. The van der Waals surface area contributed by atoms with Crippen LogP contribution in [0.1, 0.15) is 6.92 Å². The number of alkyl halides is 3. The zero-order chi connectivity index (χ0) is 13.6. The number of carbonyl (C=O) groups excluding carboxylic acids is 1. The number of urea groups is 1. The summed E-state index contributed by atoms with van der Waals surface area (Å²) in [5, 5.41) is 4.00. The topological polar surface area (TPSA) is 50.4 Å². The summed E-state index contributed by atoms with van der Waals surface area (Å²) < 4.78 is 40.9. The first kappa shape index (κ1) is 14.1. The molecule has 0 saturated carbocycles. The minimum atomic E-state index is -4.43. The maximum Gasteiger partial charge on any atom is 0.405 e. The number of nitrogens with one attached hydrogen (secondary N) is 2. The van der Waals surface area contributed by atoms with Gasteiger partial charge in [-0.25, -0.2) is 4.79 Å². The molecule has 1 aromatic rings. The standard InChI is InChI=1S/C11H13F3N2O2/c1-2-18-9-6-4-3-5-8(9)16-10(17)15-7-11(12,13)14/h3-6H,2,7H2,1H3,(H2,15,16,17). The molecule has 0 aliphatic rings. The van der Waals surface area contributed by atoms with Gasteiger partial charge in [0.2, 0.25) is 0 Å². The Balaban J connectivity index is 2.59. The summed E-state index contributed by atoms with van der Waals surface area (Å²) >= 11 is 0. The molecular formula is C11H13F3N2O2. The number of para-hydroxylation sites is 2. The Morgan fingerprint density at radius 1 is 1.33 bits per heavy atom. The monoisotopic (exact) mass is 262 g/mol. The molecule has 2 amide bonds. The average molecular weight is 262 g/mol. The molecule has 4 nitrogen and oxygen atoms in total. The summed E-state index contributed by atoms with van der Waals surface area (Å²) in [6.07, 6.45) is -4.43. The second kappa shape index (κ2) is 6.13. The summed E-state index contributed by atoms with van der Waals surface area (Å²) in [4.78, 5) is 11.2. The van der Waals surface area contributed by atoms with Crippen LogP contribution in [-0.4, -0.2) is 25.4 Å². The van der Waals surface area contributed by atoms with Crippen molar-refractivity contribution in [1.29, 1.82) is 0 Å². The van der Waals surface area contributed by atoms with E-state index in [1.807, 2.05) is 0 Å². The lowest BCUT2D eigenvalue weighted by atomic mass is 10.3. The quantitative estimate of drug-likeness (QED) is 0.876. The highest BCUT2D eigenvalue weighted by atomic mass is 19.4. The van der Waals surface area contributed by atoms with Crippen LogP contribution in [0.25, 0.3) is 0 Å².